The van der Waals surface area contributed by atoms with E-state index in [1.54, 1.807) is 13.8 Å². The first-order valence-corrected chi connectivity index (χ1v) is 5.80. The number of anilines is 1. The maximum absolute atomic E-state index is 12.1. The van der Waals surface area contributed by atoms with Crippen molar-refractivity contribution >= 4 is 11.6 Å². The lowest BCUT2D eigenvalue weighted by Gasteiger charge is -2.07. The molecule has 1 N–H and O–H groups in total. The lowest BCUT2D eigenvalue weighted by Crippen LogP contribution is -2.13. The van der Waals surface area contributed by atoms with Crippen molar-refractivity contribution in [3.63, 3.8) is 0 Å². The largest absolute Gasteiger partial charge is 0.361 e. The number of nitrogens with zero attached hydrogens (tertiary/aromatic N) is 1. The molecule has 0 saturated carbocycles. The van der Waals surface area contributed by atoms with Gasteiger partial charge in [0.05, 0.1) is 5.69 Å². The van der Waals surface area contributed by atoms with Gasteiger partial charge in [-0.1, -0.05) is 11.2 Å². The van der Waals surface area contributed by atoms with Crippen LogP contribution in [-0.2, 0) is 0 Å². The number of carbonyl (C=O) groups is 1. The van der Waals surface area contributed by atoms with E-state index in [0.717, 1.165) is 16.8 Å². The molecule has 0 unspecified atom stereocenters. The monoisotopic (exact) mass is 244 g/mol. The van der Waals surface area contributed by atoms with Gasteiger partial charge < -0.3 is 9.84 Å². The molecule has 4 nitrogen and oxygen atoms in total. The highest BCUT2D eigenvalue weighted by Gasteiger charge is 2.17. The van der Waals surface area contributed by atoms with E-state index in [1.165, 1.54) is 0 Å². The number of hydrogen-bond donors (Lipinski definition) is 1. The topological polar surface area (TPSA) is 55.1 Å². The Kier molecular flexibility index (Phi) is 3.19. The molecule has 0 saturated heterocycles. The fourth-order valence-electron chi connectivity index (χ4n) is 2.05. The van der Waals surface area contributed by atoms with Gasteiger partial charge in [-0.15, -0.1) is 0 Å². The first kappa shape index (κ1) is 12.4. The number of aromatic nitrogens is 1. The van der Waals surface area contributed by atoms with Crippen LogP contribution in [-0.4, -0.2) is 11.1 Å². The van der Waals surface area contributed by atoms with Gasteiger partial charge in [-0.25, -0.2) is 0 Å². The van der Waals surface area contributed by atoms with Crippen LogP contribution in [0, 0.1) is 27.7 Å². The van der Waals surface area contributed by atoms with E-state index in [4.69, 9.17) is 4.52 Å². The summed E-state index contributed by atoms with van der Waals surface area (Å²) in [4.78, 5) is 12.1. The van der Waals surface area contributed by atoms with Crippen molar-refractivity contribution in [2.24, 2.45) is 0 Å². The van der Waals surface area contributed by atoms with Gasteiger partial charge >= 0.3 is 0 Å². The molecule has 1 heterocycles. The van der Waals surface area contributed by atoms with E-state index >= 15 is 0 Å². The predicted molar refractivity (Wildman–Crippen MR) is 69.8 cm³/mol. The molecule has 1 amide bonds. The molecule has 1 aromatic carbocycles. The summed E-state index contributed by atoms with van der Waals surface area (Å²) in [6.45, 7) is 7.49. The first-order valence-electron chi connectivity index (χ1n) is 5.80. The van der Waals surface area contributed by atoms with Gasteiger partial charge in [-0.2, -0.15) is 0 Å². The fraction of sp³-hybridized carbons (Fsp3) is 0.286. The zero-order valence-electron chi connectivity index (χ0n) is 11.0. The second-order valence-corrected chi connectivity index (χ2v) is 4.53. The van der Waals surface area contributed by atoms with Crippen LogP contribution in [0.15, 0.2) is 22.7 Å². The summed E-state index contributed by atoms with van der Waals surface area (Å²) in [5.74, 6) is 0.352. The van der Waals surface area contributed by atoms with Crippen LogP contribution in [0.4, 0.5) is 5.69 Å². The van der Waals surface area contributed by atoms with Crippen molar-refractivity contribution in [1.82, 2.24) is 5.16 Å². The summed E-state index contributed by atoms with van der Waals surface area (Å²) in [6.07, 6.45) is 0. The van der Waals surface area contributed by atoms with Crippen LogP contribution < -0.4 is 5.32 Å². The Morgan fingerprint density at radius 3 is 2.22 bits per heavy atom. The zero-order valence-corrected chi connectivity index (χ0v) is 11.0. The van der Waals surface area contributed by atoms with E-state index in [-0.39, 0.29) is 5.91 Å². The van der Waals surface area contributed by atoms with Crippen molar-refractivity contribution in [3.05, 3.63) is 46.3 Å². The third-order valence-corrected chi connectivity index (χ3v) is 2.74. The highest BCUT2D eigenvalue weighted by atomic mass is 16.5. The van der Waals surface area contributed by atoms with Gasteiger partial charge in [0.2, 0.25) is 0 Å². The normalized spacial score (nSPS) is 10.4. The van der Waals surface area contributed by atoms with Crippen molar-refractivity contribution in [3.8, 4) is 0 Å². The SMILES string of the molecule is Cc1cc(C)cc(NC(=O)c2c(C)noc2C)c1. The lowest BCUT2D eigenvalue weighted by atomic mass is 10.1. The number of hydrogen-bond acceptors (Lipinski definition) is 3. The molecule has 0 atom stereocenters. The van der Waals surface area contributed by atoms with Gasteiger partial charge in [0.1, 0.15) is 11.3 Å². The summed E-state index contributed by atoms with van der Waals surface area (Å²) in [7, 11) is 0. The molecule has 94 valence electrons. The quantitative estimate of drug-likeness (QED) is 0.882. The van der Waals surface area contributed by atoms with Crippen molar-refractivity contribution in [2.45, 2.75) is 27.7 Å². The molecular weight excluding hydrogens is 228 g/mol. The maximum Gasteiger partial charge on any atom is 0.261 e. The van der Waals surface area contributed by atoms with Gasteiger partial charge in [0.25, 0.3) is 5.91 Å². The standard InChI is InChI=1S/C14H16N2O2/c1-8-5-9(2)7-12(6-8)15-14(17)13-10(3)16-18-11(13)4/h5-7H,1-4H3,(H,15,17). The highest BCUT2D eigenvalue weighted by Crippen LogP contribution is 2.17. The number of carbonyl (C=O) groups excluding carboxylic acids is 1. The number of rotatable bonds is 2. The third kappa shape index (κ3) is 2.42. The molecule has 0 spiro atoms. The Hall–Kier alpha value is -2.10. The van der Waals surface area contributed by atoms with E-state index < -0.39 is 0 Å². The Balaban J connectivity index is 2.27. The third-order valence-electron chi connectivity index (χ3n) is 2.74. The van der Waals surface area contributed by atoms with Crippen molar-refractivity contribution in [1.29, 1.82) is 0 Å². The molecule has 0 bridgehead atoms. The molecule has 0 fully saturated rings. The van der Waals surface area contributed by atoms with Gasteiger partial charge in [0.15, 0.2) is 0 Å². The smallest absolute Gasteiger partial charge is 0.261 e. The van der Waals surface area contributed by atoms with Crippen molar-refractivity contribution < 1.29 is 9.32 Å². The number of aryl methyl sites for hydroxylation is 4. The van der Waals surface area contributed by atoms with Crippen LogP contribution >= 0.6 is 0 Å². The molecule has 2 rings (SSSR count). The summed E-state index contributed by atoms with van der Waals surface area (Å²) < 4.78 is 4.99. The lowest BCUT2D eigenvalue weighted by molar-refractivity contribution is 0.102. The Labute approximate surface area is 106 Å². The zero-order chi connectivity index (χ0) is 13.3. The van der Waals surface area contributed by atoms with Crippen LogP contribution in [0.3, 0.4) is 0 Å². The molecule has 1 aromatic heterocycles. The van der Waals surface area contributed by atoms with Gasteiger partial charge in [-0.3, -0.25) is 4.79 Å². The molecule has 0 aliphatic heterocycles. The second-order valence-electron chi connectivity index (χ2n) is 4.53. The maximum atomic E-state index is 12.1. The molecule has 0 aliphatic carbocycles. The number of benzene rings is 1. The minimum absolute atomic E-state index is 0.184. The molecule has 4 heteroatoms. The van der Waals surface area contributed by atoms with Crippen LogP contribution in [0.5, 0.6) is 0 Å². The first-order chi connectivity index (χ1) is 8.47. The van der Waals surface area contributed by atoms with Crippen LogP contribution in [0.25, 0.3) is 0 Å². The summed E-state index contributed by atoms with van der Waals surface area (Å²) in [6, 6.07) is 5.93. The predicted octanol–water partition coefficient (Wildman–Crippen LogP) is 3.16. The van der Waals surface area contributed by atoms with E-state index in [0.29, 0.717) is 17.0 Å². The molecule has 0 aliphatic rings. The summed E-state index contributed by atoms with van der Waals surface area (Å²) >= 11 is 0. The van der Waals surface area contributed by atoms with E-state index in [9.17, 15) is 4.79 Å². The summed E-state index contributed by atoms with van der Waals surface area (Å²) in [5.41, 5.74) is 4.13. The Morgan fingerprint density at radius 1 is 1.11 bits per heavy atom. The summed E-state index contributed by atoms with van der Waals surface area (Å²) in [5, 5.41) is 6.65. The van der Waals surface area contributed by atoms with E-state index in [1.807, 2.05) is 26.0 Å². The van der Waals surface area contributed by atoms with E-state index in [2.05, 4.69) is 16.5 Å². The van der Waals surface area contributed by atoms with Crippen molar-refractivity contribution in [2.75, 3.05) is 5.32 Å². The van der Waals surface area contributed by atoms with Gasteiger partial charge in [0, 0.05) is 5.69 Å². The fourth-order valence-corrected chi connectivity index (χ4v) is 2.05. The second kappa shape index (κ2) is 4.64. The van der Waals surface area contributed by atoms with Gasteiger partial charge in [-0.05, 0) is 51.0 Å². The highest BCUT2D eigenvalue weighted by molar-refractivity contribution is 6.05. The molecule has 18 heavy (non-hydrogen) atoms. The number of nitrogens with one attached hydrogen (secondary N) is 1. The molecule has 0 radical (unpaired) electrons. The average molecular weight is 244 g/mol. The Morgan fingerprint density at radius 2 is 1.72 bits per heavy atom. The number of amides is 1. The Bertz CT molecular complexity index is 560. The van der Waals surface area contributed by atoms with Crippen LogP contribution in [0.2, 0.25) is 0 Å². The average Bonchev–Trinajstić information content (AvgIpc) is 2.56. The minimum atomic E-state index is -0.184. The van der Waals surface area contributed by atoms with Crippen LogP contribution in [0.1, 0.15) is 32.9 Å². The molecule has 2 aromatic rings. The molecular formula is C14H16N2O2. The minimum Gasteiger partial charge on any atom is -0.361 e.